The molecule has 1 nitrogen and oxygen atoms in total. The molecule has 0 amide bonds. The molecule has 2 rings (SSSR count). The van der Waals surface area contributed by atoms with E-state index in [-0.39, 0.29) is 0 Å². The molecule has 9 heavy (non-hydrogen) atoms. The number of hydrogen-bond donors (Lipinski definition) is 0. The number of rotatable bonds is 1. The summed E-state index contributed by atoms with van der Waals surface area (Å²) in [5.74, 6) is 0. The molecule has 1 saturated heterocycles. The normalized spacial score (nSPS) is 46.6. The van der Waals surface area contributed by atoms with Gasteiger partial charge in [-0.2, -0.15) is 0 Å². The fourth-order valence-electron chi connectivity index (χ4n) is 1.65. The van der Waals surface area contributed by atoms with Gasteiger partial charge in [0.2, 0.25) is 0 Å². The van der Waals surface area contributed by atoms with Crippen LogP contribution in [0.2, 0.25) is 0 Å². The van der Waals surface area contributed by atoms with Crippen LogP contribution in [0.3, 0.4) is 0 Å². The molecular formula is C8H12O. The highest BCUT2D eigenvalue weighted by Crippen LogP contribution is 2.47. The highest BCUT2D eigenvalue weighted by atomic mass is 16.6. The van der Waals surface area contributed by atoms with Crippen molar-refractivity contribution in [1.82, 2.24) is 0 Å². The number of ether oxygens (including phenoxy) is 1. The molecule has 0 spiro atoms. The summed E-state index contributed by atoms with van der Waals surface area (Å²) in [5, 5.41) is 0. The SMILES string of the molecule is CC[C@]12CC=CC[C@@H]1O2. The zero-order chi connectivity index (χ0) is 6.32. The minimum absolute atomic E-state index is 0.300. The van der Waals surface area contributed by atoms with Crippen LogP contribution in [0.1, 0.15) is 26.2 Å². The highest BCUT2D eigenvalue weighted by molar-refractivity contribution is 5.13. The van der Waals surface area contributed by atoms with Gasteiger partial charge >= 0.3 is 0 Å². The van der Waals surface area contributed by atoms with Crippen molar-refractivity contribution < 1.29 is 4.74 Å². The predicted octanol–water partition coefficient (Wildman–Crippen LogP) is 1.88. The van der Waals surface area contributed by atoms with Gasteiger partial charge in [0, 0.05) is 0 Å². The lowest BCUT2D eigenvalue weighted by Gasteiger charge is -2.08. The molecule has 1 aliphatic carbocycles. The van der Waals surface area contributed by atoms with Crippen molar-refractivity contribution in [3.63, 3.8) is 0 Å². The first-order valence-electron chi connectivity index (χ1n) is 3.70. The molecule has 50 valence electrons. The van der Waals surface area contributed by atoms with Gasteiger partial charge in [0.25, 0.3) is 0 Å². The second-order valence-corrected chi connectivity index (χ2v) is 2.94. The molecule has 0 aromatic rings. The largest absolute Gasteiger partial charge is 0.365 e. The Balaban J connectivity index is 2.11. The lowest BCUT2D eigenvalue weighted by Crippen LogP contribution is -2.14. The minimum Gasteiger partial charge on any atom is -0.365 e. The van der Waals surface area contributed by atoms with Crippen molar-refractivity contribution in [1.29, 1.82) is 0 Å². The summed E-state index contributed by atoms with van der Waals surface area (Å²) in [7, 11) is 0. The highest BCUT2D eigenvalue weighted by Gasteiger charge is 2.54. The van der Waals surface area contributed by atoms with E-state index < -0.39 is 0 Å². The lowest BCUT2D eigenvalue weighted by molar-refractivity contribution is 0.290. The zero-order valence-electron chi connectivity index (χ0n) is 5.76. The van der Waals surface area contributed by atoms with E-state index in [0.29, 0.717) is 11.7 Å². The fraction of sp³-hybridized carbons (Fsp3) is 0.750. The molecule has 0 aromatic heterocycles. The summed E-state index contributed by atoms with van der Waals surface area (Å²) in [6.07, 6.45) is 8.52. The van der Waals surface area contributed by atoms with Crippen molar-refractivity contribution >= 4 is 0 Å². The maximum atomic E-state index is 5.55. The minimum atomic E-state index is 0.300. The van der Waals surface area contributed by atoms with E-state index in [1.165, 1.54) is 6.42 Å². The molecule has 1 heteroatoms. The monoisotopic (exact) mass is 124 g/mol. The van der Waals surface area contributed by atoms with Crippen LogP contribution in [0.15, 0.2) is 12.2 Å². The zero-order valence-corrected chi connectivity index (χ0v) is 5.76. The molecule has 0 radical (unpaired) electrons. The topological polar surface area (TPSA) is 12.5 Å². The van der Waals surface area contributed by atoms with Crippen LogP contribution in [-0.2, 0) is 4.74 Å². The summed E-state index contributed by atoms with van der Waals surface area (Å²) in [5.41, 5.74) is 0.300. The van der Waals surface area contributed by atoms with Crippen LogP contribution >= 0.6 is 0 Å². The lowest BCUT2D eigenvalue weighted by atomic mass is 9.92. The Morgan fingerprint density at radius 1 is 1.67 bits per heavy atom. The van der Waals surface area contributed by atoms with Crippen LogP contribution < -0.4 is 0 Å². The first-order chi connectivity index (χ1) is 4.37. The second kappa shape index (κ2) is 1.60. The molecule has 1 heterocycles. The van der Waals surface area contributed by atoms with Crippen LogP contribution in [0.4, 0.5) is 0 Å². The number of hydrogen-bond acceptors (Lipinski definition) is 1. The Kier molecular flexibility index (Phi) is 0.974. The first-order valence-corrected chi connectivity index (χ1v) is 3.70. The van der Waals surface area contributed by atoms with Crippen molar-refractivity contribution in [3.05, 3.63) is 12.2 Å². The second-order valence-electron chi connectivity index (χ2n) is 2.94. The Labute approximate surface area is 55.7 Å². The van der Waals surface area contributed by atoms with Gasteiger partial charge in [0.1, 0.15) is 0 Å². The Bertz CT molecular complexity index is 151. The Morgan fingerprint density at radius 2 is 2.56 bits per heavy atom. The smallest absolute Gasteiger partial charge is 0.0983 e. The van der Waals surface area contributed by atoms with Gasteiger partial charge in [-0.1, -0.05) is 19.1 Å². The molecule has 1 aliphatic heterocycles. The number of fused-ring (bicyclic) bond motifs is 1. The summed E-state index contributed by atoms with van der Waals surface area (Å²) in [6, 6.07) is 0. The third-order valence-electron chi connectivity index (χ3n) is 2.49. The average molecular weight is 124 g/mol. The number of epoxide rings is 1. The van der Waals surface area contributed by atoms with E-state index in [1.807, 2.05) is 0 Å². The molecule has 0 unspecified atom stereocenters. The van der Waals surface area contributed by atoms with Crippen molar-refractivity contribution in [2.24, 2.45) is 0 Å². The van der Waals surface area contributed by atoms with Crippen LogP contribution in [0.5, 0.6) is 0 Å². The molecule has 2 atom stereocenters. The van der Waals surface area contributed by atoms with E-state index in [1.54, 1.807) is 0 Å². The molecule has 0 bridgehead atoms. The van der Waals surface area contributed by atoms with Gasteiger partial charge in [-0.15, -0.1) is 0 Å². The van der Waals surface area contributed by atoms with Gasteiger partial charge in [0.05, 0.1) is 11.7 Å². The maximum absolute atomic E-state index is 5.55. The molecule has 2 aliphatic rings. The van der Waals surface area contributed by atoms with Gasteiger partial charge < -0.3 is 4.74 Å². The molecular weight excluding hydrogens is 112 g/mol. The third-order valence-corrected chi connectivity index (χ3v) is 2.49. The van der Waals surface area contributed by atoms with Crippen LogP contribution in [-0.4, -0.2) is 11.7 Å². The summed E-state index contributed by atoms with van der Waals surface area (Å²) >= 11 is 0. The van der Waals surface area contributed by atoms with Crippen molar-refractivity contribution in [2.45, 2.75) is 37.9 Å². The summed E-state index contributed by atoms with van der Waals surface area (Å²) in [6.45, 7) is 2.21. The van der Waals surface area contributed by atoms with Gasteiger partial charge in [-0.3, -0.25) is 0 Å². The average Bonchev–Trinajstić information content (AvgIpc) is 2.62. The van der Waals surface area contributed by atoms with Gasteiger partial charge in [-0.05, 0) is 19.3 Å². The summed E-state index contributed by atoms with van der Waals surface area (Å²) < 4.78 is 5.55. The standard InChI is InChI=1S/C8H12O/c1-2-8-6-4-3-5-7(8)9-8/h3-4,7H,2,5-6H2,1H3/t7-,8-/m0/s1. The maximum Gasteiger partial charge on any atom is 0.0983 e. The third kappa shape index (κ3) is 0.645. The predicted molar refractivity (Wildman–Crippen MR) is 36.3 cm³/mol. The Morgan fingerprint density at radius 3 is 3.11 bits per heavy atom. The van der Waals surface area contributed by atoms with Gasteiger partial charge in [0.15, 0.2) is 0 Å². The van der Waals surface area contributed by atoms with Crippen molar-refractivity contribution in [2.75, 3.05) is 0 Å². The first kappa shape index (κ1) is 5.48. The molecule has 0 N–H and O–H groups in total. The van der Waals surface area contributed by atoms with E-state index in [2.05, 4.69) is 19.1 Å². The van der Waals surface area contributed by atoms with Crippen LogP contribution in [0.25, 0.3) is 0 Å². The fourth-order valence-corrected chi connectivity index (χ4v) is 1.65. The van der Waals surface area contributed by atoms with E-state index >= 15 is 0 Å². The molecule has 0 aromatic carbocycles. The van der Waals surface area contributed by atoms with Gasteiger partial charge in [-0.25, -0.2) is 0 Å². The summed E-state index contributed by atoms with van der Waals surface area (Å²) in [4.78, 5) is 0. The van der Waals surface area contributed by atoms with Crippen molar-refractivity contribution in [3.8, 4) is 0 Å². The van der Waals surface area contributed by atoms with E-state index in [9.17, 15) is 0 Å². The molecule has 1 fully saturated rings. The molecule has 0 saturated carbocycles. The quantitative estimate of drug-likeness (QED) is 0.384. The van der Waals surface area contributed by atoms with E-state index in [0.717, 1.165) is 12.8 Å². The Hall–Kier alpha value is -0.300. The van der Waals surface area contributed by atoms with E-state index in [4.69, 9.17) is 4.74 Å². The van der Waals surface area contributed by atoms with Crippen LogP contribution in [0, 0.1) is 0 Å².